The van der Waals surface area contributed by atoms with Gasteiger partial charge in [0.25, 0.3) is 5.79 Å². The van der Waals surface area contributed by atoms with Crippen molar-refractivity contribution in [1.82, 2.24) is 0 Å². The van der Waals surface area contributed by atoms with Gasteiger partial charge < -0.3 is 250 Å². The molecule has 9 aliphatic rings. The summed E-state index contributed by atoms with van der Waals surface area (Å²) in [7, 11) is 0. The number of aliphatic carboxylic acids is 2. The minimum atomic E-state index is -3.45. The number of carbonyl (C=O) groups is 2. The summed E-state index contributed by atoms with van der Waals surface area (Å²) in [5.74, 6) is -9.03. The molecule has 0 saturated carbocycles. The summed E-state index contributed by atoms with van der Waals surface area (Å²) in [6.07, 6.45) is -108. The number of hydrogen-bond acceptors (Lipinski definition) is 50. The zero-order chi connectivity index (χ0) is 82.9. The van der Waals surface area contributed by atoms with Crippen LogP contribution in [0.4, 0.5) is 0 Å². The van der Waals surface area contributed by atoms with Crippen molar-refractivity contribution in [1.29, 1.82) is 0 Å². The molecule has 112 heavy (non-hydrogen) atoms. The Bertz CT molecular complexity index is 2980. The van der Waals surface area contributed by atoms with Crippen LogP contribution in [-0.4, -0.2) is 516 Å². The first kappa shape index (κ1) is 92.5. The number of hydrogen-bond donors (Lipinski definition) is 33. The van der Waals surface area contributed by atoms with Crippen molar-refractivity contribution in [3.05, 3.63) is 11.8 Å². The van der Waals surface area contributed by atoms with Gasteiger partial charge in [0.05, 0.1) is 65.0 Å². The Hall–Kier alpha value is -3.40. The van der Waals surface area contributed by atoms with E-state index in [1.165, 1.54) is 0 Å². The monoisotopic (exact) mass is 1650 g/mol. The van der Waals surface area contributed by atoms with E-state index in [1.54, 1.807) is 0 Å². The Balaban J connectivity index is 1.12. The van der Waals surface area contributed by atoms with Crippen LogP contribution < -0.4 is 5.73 Å². The van der Waals surface area contributed by atoms with Crippen LogP contribution >= 0.6 is 0 Å². The van der Waals surface area contributed by atoms with Crippen molar-refractivity contribution in [3.63, 3.8) is 0 Å². The minimum absolute atomic E-state index is 0.386. The van der Waals surface area contributed by atoms with Crippen LogP contribution in [0.2, 0.25) is 0 Å². The highest BCUT2D eigenvalue weighted by Gasteiger charge is 2.63. The van der Waals surface area contributed by atoms with E-state index in [1.807, 2.05) is 0 Å². The molecule has 52 heteroatoms. The molecule has 8 fully saturated rings. The predicted molar refractivity (Wildman–Crippen MR) is 333 cm³/mol. The van der Waals surface area contributed by atoms with Gasteiger partial charge in [0, 0.05) is 6.42 Å². The van der Waals surface area contributed by atoms with Crippen LogP contribution in [0, 0.1) is 0 Å². The molecule has 34 N–H and O–H groups in total. The third kappa shape index (κ3) is 19.7. The molecular formula is C60H99NO51. The SMILES string of the molecule is N[C@H]1CO[C@H](OC[C@@H](O)[C@H]2OC(O)(C(=O)O)C[C@@H](O)[C@H]2O[C@H]2O[C@H]([C@@H](O)CO)[C@@H](O[C@@H]3O[C@H](CO)[C@@H](O)[C@H](O)[C@H]3O)[C@H](O[C@H]3O[C@H]([C@@H](O)CO[C@H]4O[C@H]([C@@H](O)CO)[C@@H](O)[C@H](O)[C@@H]4O)[C@@H](O)[C@H](O[C@@H]4OC(C(=O)O)=C[C@H](O)[C@H]4O[C@H]4O[C@H]([C@H](O)CO)[C@@H](O)[C@H](O)[C@@H]4O[C@H]4O[C@H]([C@@H](O)CO)[C@@H](O)[C@H](O)[C@@H]4O)[C@@H]3O)[C@@H]2O)[C@H](O)[C@H]1O. The molecule has 47 atom stereocenters. The lowest BCUT2D eigenvalue weighted by atomic mass is 9.91. The maximum atomic E-state index is 12.8. The lowest BCUT2D eigenvalue weighted by Crippen LogP contribution is -2.70. The van der Waals surface area contributed by atoms with Crippen molar-refractivity contribution >= 4 is 11.9 Å². The van der Waals surface area contributed by atoms with Crippen LogP contribution in [-0.2, 0) is 90.1 Å². The first-order valence-electron chi connectivity index (χ1n) is 34.8. The number of nitrogens with two attached hydrogens (primary N) is 1. The summed E-state index contributed by atoms with van der Waals surface area (Å²) < 4.78 is 97.2. The second-order valence-corrected chi connectivity index (χ2v) is 27.9. The van der Waals surface area contributed by atoms with Crippen molar-refractivity contribution < 1.29 is 254 Å². The molecule has 0 aromatic carbocycles. The van der Waals surface area contributed by atoms with Gasteiger partial charge in [-0.1, -0.05) is 0 Å². The van der Waals surface area contributed by atoms with E-state index < -0.39 is 365 Å². The molecule has 8 saturated heterocycles. The fraction of sp³-hybridized carbons (Fsp3) is 0.933. The minimum Gasteiger partial charge on any atom is -0.477 e. The summed E-state index contributed by atoms with van der Waals surface area (Å²) in [6.45, 7) is -9.27. The summed E-state index contributed by atoms with van der Waals surface area (Å²) in [6, 6.07) is -1.17. The lowest BCUT2D eigenvalue weighted by Gasteiger charge is -2.52. The maximum Gasteiger partial charge on any atom is 0.371 e. The Morgan fingerprint density at radius 2 is 0.804 bits per heavy atom. The molecule has 650 valence electrons. The number of aliphatic hydroxyl groups is 30. The van der Waals surface area contributed by atoms with E-state index >= 15 is 0 Å². The predicted octanol–water partition coefficient (Wildman–Crippen LogP) is -22.1. The Morgan fingerprint density at radius 3 is 1.34 bits per heavy atom. The molecule has 9 rings (SSSR count). The molecule has 0 aromatic rings. The Kier molecular flexibility index (Phi) is 32.4. The lowest BCUT2D eigenvalue weighted by molar-refractivity contribution is -0.410. The van der Waals surface area contributed by atoms with Gasteiger partial charge in [0.1, 0.15) is 214 Å². The van der Waals surface area contributed by atoms with E-state index in [-0.39, 0.29) is 0 Å². The van der Waals surface area contributed by atoms with Crippen molar-refractivity contribution in [2.75, 3.05) is 52.9 Å². The Labute approximate surface area is 629 Å². The summed E-state index contributed by atoms with van der Waals surface area (Å²) in [4.78, 5) is 25.3. The maximum absolute atomic E-state index is 12.8. The van der Waals surface area contributed by atoms with Crippen molar-refractivity contribution in [2.24, 2.45) is 5.73 Å². The van der Waals surface area contributed by atoms with Gasteiger partial charge >= 0.3 is 11.9 Å². The van der Waals surface area contributed by atoms with Gasteiger partial charge in [-0.05, 0) is 6.08 Å². The van der Waals surface area contributed by atoms with Crippen LogP contribution in [0.15, 0.2) is 11.8 Å². The number of rotatable bonds is 31. The molecule has 0 aliphatic carbocycles. The first-order chi connectivity index (χ1) is 52.7. The molecule has 9 heterocycles. The molecule has 0 spiro atoms. The fourth-order valence-corrected chi connectivity index (χ4v) is 13.7. The fourth-order valence-electron chi connectivity index (χ4n) is 13.7. The highest BCUT2D eigenvalue weighted by atomic mass is 16.8. The third-order valence-electron chi connectivity index (χ3n) is 20.2. The van der Waals surface area contributed by atoms with E-state index in [9.17, 15) is 173 Å². The smallest absolute Gasteiger partial charge is 0.371 e. The number of aliphatic hydroxyl groups excluding tert-OH is 29. The average molecular weight is 1650 g/mol. The molecule has 0 bridgehead atoms. The van der Waals surface area contributed by atoms with E-state index in [0.717, 1.165) is 0 Å². The highest BCUT2D eigenvalue weighted by Crippen LogP contribution is 2.42. The normalized spacial score (nSPS) is 48.8. The van der Waals surface area contributed by atoms with Gasteiger partial charge in [0.15, 0.2) is 50.1 Å². The molecular weight excluding hydrogens is 1550 g/mol. The number of carboxylic acid groups (broad SMARTS) is 2. The molecule has 0 amide bonds. The summed E-state index contributed by atoms with van der Waals surface area (Å²) in [5, 5.41) is 352. The highest BCUT2D eigenvalue weighted by molar-refractivity contribution is 5.84. The van der Waals surface area contributed by atoms with Crippen LogP contribution in [0.5, 0.6) is 0 Å². The van der Waals surface area contributed by atoms with E-state index in [2.05, 4.69) is 0 Å². The average Bonchev–Trinajstić information content (AvgIpc) is 0.772. The van der Waals surface area contributed by atoms with Gasteiger partial charge in [0.2, 0.25) is 12.0 Å². The standard InChI is InChI=1S/C60H99NO51/c61-11-8-96-51(31(84)22(11)75)97-10-19(74)44-42(13(68)2-60(95,112-44)59(93)94)105-56-37(90)47(49(43(106-56)17(72)6-65)111-53-33(86)24(77)23(76)21(7-66)100-53)109-55-36(89)46(35(88)41(103-55)18(73)9-98-52-32(85)25(78)27(80)38(101-52)14(69)3-62)108-57-45(12(67)1-20(99-57)50(91)92)107-58-48(30(83)29(82)40(104-58)16(71)5-64)110-54-34(87)26(79)28(81)39(102-54)15(70)4-63/h1,11-19,21-49,51-58,62-90,95H,2-10,61H2,(H,91,92)(H,93,94)/t11-,12-,13+,14-,15-,16+,17-,18-,19+,21+,22-,23+,24-,25-,26-,27-,28-,29-,30-,31+,32-,33+,34-,35+,36-,37-,38+,39+,40+,41+,42+,43+,44+,45+,46-,47+,48-,49+,51+,52-,53-,54+,55+,56-,57-,58+,60?/m0/s1. The van der Waals surface area contributed by atoms with Crippen molar-refractivity contribution in [2.45, 2.75) is 294 Å². The topological polar surface area (TPSA) is 864 Å². The number of carboxylic acids is 2. The second-order valence-electron chi connectivity index (χ2n) is 27.9. The second kappa shape index (κ2) is 39.2. The zero-order valence-corrected chi connectivity index (χ0v) is 58.1. The third-order valence-corrected chi connectivity index (χ3v) is 20.2. The van der Waals surface area contributed by atoms with Crippen LogP contribution in [0.1, 0.15) is 6.42 Å². The van der Waals surface area contributed by atoms with Gasteiger partial charge in [-0.2, -0.15) is 0 Å². The van der Waals surface area contributed by atoms with Crippen LogP contribution in [0.25, 0.3) is 0 Å². The summed E-state index contributed by atoms with van der Waals surface area (Å²) >= 11 is 0. The van der Waals surface area contributed by atoms with Gasteiger partial charge in [-0.3, -0.25) is 0 Å². The number of ether oxygens (including phenoxy) is 17. The zero-order valence-electron chi connectivity index (χ0n) is 58.1. The van der Waals surface area contributed by atoms with E-state index in [0.29, 0.717) is 6.08 Å². The molecule has 52 nitrogen and oxygen atoms in total. The van der Waals surface area contributed by atoms with Crippen molar-refractivity contribution in [3.8, 4) is 0 Å². The molecule has 0 radical (unpaired) electrons. The van der Waals surface area contributed by atoms with E-state index in [4.69, 9.17) is 86.3 Å². The summed E-state index contributed by atoms with van der Waals surface area (Å²) in [5.41, 5.74) is 5.73. The molecule has 1 unspecified atom stereocenters. The molecule has 0 aromatic heterocycles. The first-order valence-corrected chi connectivity index (χ1v) is 34.8. The largest absolute Gasteiger partial charge is 0.477 e. The van der Waals surface area contributed by atoms with Crippen LogP contribution in [0.3, 0.4) is 0 Å². The van der Waals surface area contributed by atoms with Gasteiger partial charge in [-0.15, -0.1) is 0 Å². The van der Waals surface area contributed by atoms with Gasteiger partial charge in [-0.25, -0.2) is 9.59 Å². The molecule has 9 aliphatic heterocycles. The Morgan fingerprint density at radius 1 is 0.402 bits per heavy atom. The quantitative estimate of drug-likeness (QED) is 0.0306.